The molecule has 2 aromatic carbocycles. The number of nitriles is 1. The fourth-order valence-corrected chi connectivity index (χ4v) is 2.55. The summed E-state index contributed by atoms with van der Waals surface area (Å²) < 4.78 is 88.7. The Morgan fingerprint density at radius 1 is 0.903 bits per heavy atom. The smallest absolute Gasteiger partial charge is 0.429 e. The Kier molecular flexibility index (Phi) is 7.28. The van der Waals surface area contributed by atoms with Gasteiger partial charge >= 0.3 is 6.11 Å². The molecule has 0 fully saturated rings. The summed E-state index contributed by atoms with van der Waals surface area (Å²) >= 11 is 0. The topological polar surface area (TPSA) is 45.9 Å². The lowest BCUT2D eigenvalue weighted by Gasteiger charge is -2.20. The molecule has 0 atom stereocenters. The number of rotatable bonds is 4. The molecule has 0 radical (unpaired) electrons. The number of nitrogens with zero attached hydrogens (tertiary/aromatic N) is 2. The van der Waals surface area contributed by atoms with Crippen LogP contribution in [0.1, 0.15) is 30.5 Å². The molecule has 0 saturated carbocycles. The van der Waals surface area contributed by atoms with Crippen LogP contribution in [0, 0.1) is 41.5 Å². The highest BCUT2D eigenvalue weighted by atomic mass is 19.3. The van der Waals surface area contributed by atoms with Gasteiger partial charge in [0.15, 0.2) is 0 Å². The largest absolute Gasteiger partial charge is 0.432 e. The maximum absolute atomic E-state index is 14.4. The Labute approximate surface area is 174 Å². The van der Waals surface area contributed by atoms with Crippen molar-refractivity contribution in [1.29, 1.82) is 5.26 Å². The first-order valence-corrected chi connectivity index (χ1v) is 9.01. The van der Waals surface area contributed by atoms with Crippen molar-refractivity contribution in [3.63, 3.8) is 0 Å². The molecule has 3 aromatic rings. The predicted molar refractivity (Wildman–Crippen MR) is 101 cm³/mol. The third-order valence-corrected chi connectivity index (χ3v) is 3.91. The summed E-state index contributed by atoms with van der Waals surface area (Å²) in [5.74, 6) is -7.24. The van der Waals surface area contributed by atoms with Gasteiger partial charge in [0.25, 0.3) is 0 Å². The Morgan fingerprint density at radius 3 is 1.90 bits per heavy atom. The van der Waals surface area contributed by atoms with Crippen molar-refractivity contribution in [3.8, 4) is 23.1 Å². The molecule has 1 aromatic heterocycles. The molecule has 0 aliphatic heterocycles. The van der Waals surface area contributed by atoms with E-state index in [4.69, 9.17) is 5.26 Å². The van der Waals surface area contributed by atoms with E-state index in [2.05, 4.69) is 9.72 Å². The Balaban J connectivity index is 0.00000166. The molecule has 3 rings (SSSR count). The first-order chi connectivity index (χ1) is 14.6. The van der Waals surface area contributed by atoms with Gasteiger partial charge in [-0.1, -0.05) is 19.9 Å². The number of hydrogen-bond donors (Lipinski definition) is 0. The molecule has 31 heavy (non-hydrogen) atoms. The average Bonchev–Trinajstić information content (AvgIpc) is 2.68. The van der Waals surface area contributed by atoms with Gasteiger partial charge in [-0.3, -0.25) is 4.98 Å². The number of aromatic nitrogens is 1. The van der Waals surface area contributed by atoms with Crippen LogP contribution in [0.4, 0.5) is 26.3 Å². The first kappa shape index (κ1) is 23.7. The molecule has 0 unspecified atom stereocenters. The first-order valence-electron chi connectivity index (χ1n) is 9.01. The Hall–Kier alpha value is -3.54. The molecule has 3 nitrogen and oxygen atoms in total. The molecule has 9 heteroatoms. The molecule has 1 heterocycles. The third kappa shape index (κ3) is 5.15. The van der Waals surface area contributed by atoms with E-state index in [1.165, 1.54) is 18.3 Å². The van der Waals surface area contributed by atoms with E-state index >= 15 is 0 Å². The lowest BCUT2D eigenvalue weighted by Crippen LogP contribution is -2.25. The van der Waals surface area contributed by atoms with E-state index in [9.17, 15) is 26.3 Å². The van der Waals surface area contributed by atoms with Crippen molar-refractivity contribution in [3.05, 3.63) is 82.6 Å². The van der Waals surface area contributed by atoms with E-state index in [0.29, 0.717) is 24.3 Å². The minimum absolute atomic E-state index is 0.0880. The van der Waals surface area contributed by atoms with Crippen LogP contribution < -0.4 is 4.74 Å². The van der Waals surface area contributed by atoms with Crippen molar-refractivity contribution >= 4 is 0 Å². The van der Waals surface area contributed by atoms with E-state index in [0.717, 1.165) is 5.56 Å². The highest BCUT2D eigenvalue weighted by Crippen LogP contribution is 2.37. The van der Waals surface area contributed by atoms with Gasteiger partial charge in [-0.25, -0.2) is 17.6 Å². The molecular weight excluding hydrogens is 422 g/mol. The number of ether oxygens (including phenoxy) is 1. The van der Waals surface area contributed by atoms with Crippen LogP contribution >= 0.6 is 0 Å². The molecule has 0 aliphatic carbocycles. The standard InChI is InChI=1S/C20H10F6N2O.C2H6/c1-10-2-3-18(28-9-10)11-4-16(23)19(17(24)5-11)20(25,26)29-12-6-14(21)13(8-27)15(22)7-12;1-2/h2-7,9H,1H3;1-2H3. The lowest BCUT2D eigenvalue weighted by atomic mass is 10.1. The zero-order valence-electron chi connectivity index (χ0n) is 16.6. The molecule has 162 valence electrons. The summed E-state index contributed by atoms with van der Waals surface area (Å²) in [6.45, 7) is 5.74. The second-order valence-corrected chi connectivity index (χ2v) is 6.03. The monoisotopic (exact) mass is 438 g/mol. The zero-order valence-corrected chi connectivity index (χ0v) is 16.6. The van der Waals surface area contributed by atoms with Crippen LogP contribution in [0.2, 0.25) is 0 Å². The molecule has 0 amide bonds. The Morgan fingerprint density at radius 2 is 1.45 bits per heavy atom. The van der Waals surface area contributed by atoms with Crippen LogP contribution in [0.15, 0.2) is 42.6 Å². The van der Waals surface area contributed by atoms with Gasteiger partial charge in [0, 0.05) is 23.9 Å². The highest BCUT2D eigenvalue weighted by Gasteiger charge is 2.41. The molecule has 0 N–H and O–H groups in total. The minimum atomic E-state index is -4.60. The number of benzene rings is 2. The second kappa shape index (κ2) is 9.51. The second-order valence-electron chi connectivity index (χ2n) is 6.03. The van der Waals surface area contributed by atoms with Crippen molar-refractivity contribution < 1.29 is 31.1 Å². The van der Waals surface area contributed by atoms with Crippen molar-refractivity contribution in [1.82, 2.24) is 4.98 Å². The van der Waals surface area contributed by atoms with Crippen LogP contribution in [-0.4, -0.2) is 4.98 Å². The summed E-state index contributed by atoms with van der Waals surface area (Å²) in [5.41, 5.74) is -1.89. The lowest BCUT2D eigenvalue weighted by molar-refractivity contribution is -0.189. The summed E-state index contributed by atoms with van der Waals surface area (Å²) in [5, 5.41) is 8.59. The van der Waals surface area contributed by atoms with Crippen LogP contribution in [0.3, 0.4) is 0 Å². The SMILES string of the molecule is CC.Cc1ccc(-c2cc(F)c(C(F)(F)Oc3cc(F)c(C#N)c(F)c3)c(F)c2)nc1. The van der Waals surface area contributed by atoms with E-state index in [1.54, 1.807) is 13.0 Å². The summed E-state index contributed by atoms with van der Waals surface area (Å²) in [7, 11) is 0. The number of pyridine rings is 1. The Bertz CT molecular complexity index is 1080. The van der Waals surface area contributed by atoms with Crippen LogP contribution in [0.5, 0.6) is 5.75 Å². The highest BCUT2D eigenvalue weighted by molar-refractivity contribution is 5.60. The fraction of sp³-hybridized carbons (Fsp3) is 0.182. The maximum Gasteiger partial charge on any atom is 0.432 e. The quantitative estimate of drug-likeness (QED) is 0.429. The van der Waals surface area contributed by atoms with E-state index in [-0.39, 0.29) is 11.3 Å². The molecule has 0 aliphatic rings. The zero-order chi connectivity index (χ0) is 23.3. The normalized spacial score (nSPS) is 10.7. The van der Waals surface area contributed by atoms with Gasteiger partial charge in [-0.05, 0) is 30.7 Å². The molecular formula is C22H16F6N2O. The van der Waals surface area contributed by atoms with Gasteiger partial charge < -0.3 is 4.74 Å². The van der Waals surface area contributed by atoms with Gasteiger partial charge in [-0.15, -0.1) is 0 Å². The molecule has 0 spiro atoms. The number of hydrogen-bond acceptors (Lipinski definition) is 3. The number of aryl methyl sites for hydroxylation is 1. The molecule has 0 saturated heterocycles. The van der Waals surface area contributed by atoms with Crippen molar-refractivity contribution in [2.75, 3.05) is 0 Å². The van der Waals surface area contributed by atoms with Gasteiger partial charge in [-0.2, -0.15) is 14.0 Å². The van der Waals surface area contributed by atoms with Crippen molar-refractivity contribution in [2.24, 2.45) is 0 Å². The van der Waals surface area contributed by atoms with Crippen molar-refractivity contribution in [2.45, 2.75) is 26.9 Å². The average molecular weight is 438 g/mol. The fourth-order valence-electron chi connectivity index (χ4n) is 2.55. The minimum Gasteiger partial charge on any atom is -0.429 e. The maximum atomic E-state index is 14.4. The van der Waals surface area contributed by atoms with Crippen LogP contribution in [0.25, 0.3) is 11.3 Å². The van der Waals surface area contributed by atoms with Gasteiger partial charge in [0.1, 0.15) is 46.2 Å². The number of halogens is 6. The van der Waals surface area contributed by atoms with E-state index in [1.807, 2.05) is 13.8 Å². The number of alkyl halides is 2. The summed E-state index contributed by atoms with van der Waals surface area (Å²) in [6.07, 6.45) is -3.16. The van der Waals surface area contributed by atoms with Gasteiger partial charge in [0.05, 0.1) is 5.69 Å². The third-order valence-electron chi connectivity index (χ3n) is 3.91. The molecule has 0 bridgehead atoms. The van der Waals surface area contributed by atoms with Crippen LogP contribution in [-0.2, 0) is 6.11 Å². The van der Waals surface area contributed by atoms with E-state index < -0.39 is 46.3 Å². The summed E-state index contributed by atoms with van der Waals surface area (Å²) in [6, 6.07) is 6.21. The predicted octanol–water partition coefficient (Wildman–Crippen LogP) is 6.64. The van der Waals surface area contributed by atoms with Gasteiger partial charge in [0.2, 0.25) is 0 Å². The summed E-state index contributed by atoms with van der Waals surface area (Å²) in [4.78, 5) is 3.96.